The third kappa shape index (κ3) is 3.54. The van der Waals surface area contributed by atoms with Crippen molar-refractivity contribution in [1.29, 1.82) is 0 Å². The van der Waals surface area contributed by atoms with Crippen LogP contribution in [0.25, 0.3) is 0 Å². The molecule has 6 heteroatoms. The van der Waals surface area contributed by atoms with E-state index in [1.54, 1.807) is 40.4 Å². The van der Waals surface area contributed by atoms with Gasteiger partial charge in [0.05, 0.1) is 33.4 Å². The van der Waals surface area contributed by atoms with Crippen molar-refractivity contribution in [2.45, 2.75) is 25.9 Å². The molecule has 20 heavy (non-hydrogen) atoms. The van der Waals surface area contributed by atoms with Gasteiger partial charge in [0.25, 0.3) is 0 Å². The summed E-state index contributed by atoms with van der Waals surface area (Å²) >= 11 is 0. The van der Waals surface area contributed by atoms with Gasteiger partial charge in [-0.05, 0) is 31.5 Å². The van der Waals surface area contributed by atoms with Crippen LogP contribution in [-0.4, -0.2) is 33.3 Å². The fraction of sp³-hybridized carbons (Fsp3) is 0.500. The third-order valence-corrected chi connectivity index (χ3v) is 2.96. The Labute approximate surface area is 119 Å². The van der Waals surface area contributed by atoms with Gasteiger partial charge in [0.15, 0.2) is 11.5 Å². The molecule has 0 heterocycles. The van der Waals surface area contributed by atoms with Gasteiger partial charge in [-0.3, -0.25) is 4.79 Å². The molecule has 0 saturated carbocycles. The number of rotatable bonds is 6. The molecular formula is C14H22N2O4. The molecule has 1 aromatic carbocycles. The van der Waals surface area contributed by atoms with Crippen LogP contribution in [-0.2, 0) is 4.79 Å². The average molecular weight is 282 g/mol. The van der Waals surface area contributed by atoms with Crippen LogP contribution >= 0.6 is 0 Å². The number of nitrogens with one attached hydrogen (secondary N) is 1. The van der Waals surface area contributed by atoms with E-state index in [1.165, 1.54) is 0 Å². The van der Waals surface area contributed by atoms with E-state index in [0.717, 1.165) is 5.56 Å². The summed E-state index contributed by atoms with van der Waals surface area (Å²) in [4.78, 5) is 11.6. The van der Waals surface area contributed by atoms with Gasteiger partial charge in [-0.1, -0.05) is 0 Å². The summed E-state index contributed by atoms with van der Waals surface area (Å²) in [6, 6.07) is 2.82. The molecule has 3 N–H and O–H groups in total. The first-order valence-electron chi connectivity index (χ1n) is 6.30. The highest BCUT2D eigenvalue weighted by Gasteiger charge is 2.18. The monoisotopic (exact) mass is 282 g/mol. The maximum absolute atomic E-state index is 11.6. The van der Waals surface area contributed by atoms with Crippen LogP contribution in [0.2, 0.25) is 0 Å². The smallest absolute Gasteiger partial charge is 0.237 e. The first-order chi connectivity index (χ1) is 9.44. The Bertz CT molecular complexity index is 449. The molecule has 0 radical (unpaired) electrons. The zero-order chi connectivity index (χ0) is 15.3. The maximum atomic E-state index is 11.6. The van der Waals surface area contributed by atoms with E-state index in [-0.39, 0.29) is 11.9 Å². The minimum absolute atomic E-state index is 0.216. The second-order valence-corrected chi connectivity index (χ2v) is 4.48. The summed E-state index contributed by atoms with van der Waals surface area (Å²) in [5.74, 6) is 1.39. The zero-order valence-corrected chi connectivity index (χ0v) is 12.5. The van der Waals surface area contributed by atoms with Crippen LogP contribution in [0.5, 0.6) is 17.2 Å². The Kier molecular flexibility index (Phi) is 5.64. The molecule has 0 saturated heterocycles. The van der Waals surface area contributed by atoms with Crippen LogP contribution in [0.15, 0.2) is 12.1 Å². The number of carbonyl (C=O) groups is 1. The van der Waals surface area contributed by atoms with Crippen LogP contribution < -0.4 is 25.3 Å². The second-order valence-electron chi connectivity index (χ2n) is 4.48. The molecule has 0 aromatic heterocycles. The van der Waals surface area contributed by atoms with E-state index < -0.39 is 6.04 Å². The van der Waals surface area contributed by atoms with E-state index in [2.05, 4.69) is 5.32 Å². The molecular weight excluding hydrogens is 260 g/mol. The lowest BCUT2D eigenvalue weighted by molar-refractivity contribution is -0.122. The Hall–Kier alpha value is -1.95. The quantitative estimate of drug-likeness (QED) is 0.820. The van der Waals surface area contributed by atoms with Gasteiger partial charge in [-0.25, -0.2) is 0 Å². The lowest BCUT2D eigenvalue weighted by Gasteiger charge is -2.19. The van der Waals surface area contributed by atoms with E-state index in [9.17, 15) is 4.79 Å². The average Bonchev–Trinajstić information content (AvgIpc) is 2.45. The fourth-order valence-corrected chi connectivity index (χ4v) is 1.78. The number of benzene rings is 1. The molecule has 0 aliphatic rings. The predicted octanol–water partition coefficient (Wildman–Crippen LogP) is 1.24. The van der Waals surface area contributed by atoms with Crippen molar-refractivity contribution in [2.75, 3.05) is 21.3 Å². The predicted molar refractivity (Wildman–Crippen MR) is 76.3 cm³/mol. The van der Waals surface area contributed by atoms with Gasteiger partial charge < -0.3 is 25.3 Å². The maximum Gasteiger partial charge on any atom is 0.237 e. The van der Waals surface area contributed by atoms with E-state index in [4.69, 9.17) is 19.9 Å². The SMILES string of the molecule is COc1cc(C(C)NC(=O)[C@@H](C)N)cc(OC)c1OC. The third-order valence-electron chi connectivity index (χ3n) is 2.96. The lowest BCUT2D eigenvalue weighted by Crippen LogP contribution is -2.39. The van der Waals surface area contributed by atoms with Crippen molar-refractivity contribution in [3.05, 3.63) is 17.7 Å². The number of nitrogens with two attached hydrogens (primary N) is 1. The van der Waals surface area contributed by atoms with E-state index in [0.29, 0.717) is 17.2 Å². The van der Waals surface area contributed by atoms with Crippen LogP contribution in [0, 0.1) is 0 Å². The lowest BCUT2D eigenvalue weighted by atomic mass is 10.1. The molecule has 0 aliphatic heterocycles. The summed E-state index contributed by atoms with van der Waals surface area (Å²) < 4.78 is 15.8. The number of ether oxygens (including phenoxy) is 3. The summed E-state index contributed by atoms with van der Waals surface area (Å²) in [7, 11) is 4.64. The molecule has 1 amide bonds. The first-order valence-corrected chi connectivity index (χ1v) is 6.30. The van der Waals surface area contributed by atoms with Crippen molar-refractivity contribution >= 4 is 5.91 Å². The summed E-state index contributed by atoms with van der Waals surface area (Å²) in [6.07, 6.45) is 0. The van der Waals surface area contributed by atoms with Gasteiger partial charge >= 0.3 is 0 Å². The standard InChI is InChI=1S/C14H22N2O4/c1-8(15)14(17)16-9(2)10-6-11(18-3)13(20-5)12(7-10)19-4/h6-9H,15H2,1-5H3,(H,16,17)/t8-,9?/m1/s1. The number of hydrogen-bond donors (Lipinski definition) is 2. The van der Waals surface area contributed by atoms with Crippen LogP contribution in [0.1, 0.15) is 25.5 Å². The molecule has 0 fully saturated rings. The summed E-state index contributed by atoms with van der Waals surface area (Å²) in [5.41, 5.74) is 6.38. The summed E-state index contributed by atoms with van der Waals surface area (Å²) in [5, 5.41) is 2.82. The molecule has 1 aromatic rings. The van der Waals surface area contributed by atoms with Gasteiger partial charge in [0, 0.05) is 0 Å². The largest absolute Gasteiger partial charge is 0.493 e. The molecule has 1 rings (SSSR count). The fourth-order valence-electron chi connectivity index (χ4n) is 1.78. The van der Waals surface area contributed by atoms with Crippen molar-refractivity contribution < 1.29 is 19.0 Å². The zero-order valence-electron chi connectivity index (χ0n) is 12.5. The highest BCUT2D eigenvalue weighted by molar-refractivity contribution is 5.81. The molecule has 0 bridgehead atoms. The van der Waals surface area contributed by atoms with Crippen molar-refractivity contribution in [3.8, 4) is 17.2 Å². The van der Waals surface area contributed by atoms with E-state index >= 15 is 0 Å². The number of carbonyl (C=O) groups excluding carboxylic acids is 1. The molecule has 0 aliphatic carbocycles. The van der Waals surface area contributed by atoms with Gasteiger partial charge in [-0.2, -0.15) is 0 Å². The Morgan fingerprint density at radius 1 is 1.10 bits per heavy atom. The van der Waals surface area contributed by atoms with E-state index in [1.807, 2.05) is 6.92 Å². The molecule has 6 nitrogen and oxygen atoms in total. The van der Waals surface area contributed by atoms with Crippen molar-refractivity contribution in [3.63, 3.8) is 0 Å². The van der Waals surface area contributed by atoms with Gasteiger partial charge in [-0.15, -0.1) is 0 Å². The highest BCUT2D eigenvalue weighted by Crippen LogP contribution is 2.39. The van der Waals surface area contributed by atoms with Crippen molar-refractivity contribution in [1.82, 2.24) is 5.32 Å². The van der Waals surface area contributed by atoms with Gasteiger partial charge in [0.2, 0.25) is 11.7 Å². The topological polar surface area (TPSA) is 82.8 Å². The first kappa shape index (κ1) is 16.1. The Balaban J connectivity index is 3.09. The normalized spacial score (nSPS) is 13.3. The molecule has 1 unspecified atom stereocenters. The molecule has 2 atom stereocenters. The molecule has 0 spiro atoms. The van der Waals surface area contributed by atoms with Crippen LogP contribution in [0.4, 0.5) is 0 Å². The van der Waals surface area contributed by atoms with Crippen LogP contribution in [0.3, 0.4) is 0 Å². The Morgan fingerprint density at radius 3 is 1.95 bits per heavy atom. The minimum Gasteiger partial charge on any atom is -0.493 e. The number of amides is 1. The number of methoxy groups -OCH3 is 3. The van der Waals surface area contributed by atoms with Gasteiger partial charge in [0.1, 0.15) is 0 Å². The highest BCUT2D eigenvalue weighted by atomic mass is 16.5. The second kappa shape index (κ2) is 7.00. The Morgan fingerprint density at radius 2 is 1.60 bits per heavy atom. The van der Waals surface area contributed by atoms with Crippen molar-refractivity contribution in [2.24, 2.45) is 5.73 Å². The minimum atomic E-state index is -0.556. The molecule has 112 valence electrons. The number of hydrogen-bond acceptors (Lipinski definition) is 5. The summed E-state index contributed by atoms with van der Waals surface area (Å²) in [6.45, 7) is 3.50.